The number of aromatic nitrogens is 1. The molecule has 0 unspecified atom stereocenters. The van der Waals surface area contributed by atoms with Crippen molar-refractivity contribution in [3.63, 3.8) is 0 Å². The summed E-state index contributed by atoms with van der Waals surface area (Å²) in [5, 5.41) is 8.98. The lowest BCUT2D eigenvalue weighted by atomic mass is 10.1. The Morgan fingerprint density at radius 3 is 2.50 bits per heavy atom. The van der Waals surface area contributed by atoms with Crippen molar-refractivity contribution in [3.05, 3.63) is 29.1 Å². The minimum Gasteiger partial charge on any atom is -0.395 e. The van der Waals surface area contributed by atoms with Crippen LogP contribution in [0.3, 0.4) is 0 Å². The van der Waals surface area contributed by atoms with Crippen molar-refractivity contribution in [2.45, 2.75) is 19.3 Å². The van der Waals surface area contributed by atoms with Crippen molar-refractivity contribution in [1.29, 1.82) is 0 Å². The van der Waals surface area contributed by atoms with Gasteiger partial charge in [-0.3, -0.25) is 14.5 Å². The van der Waals surface area contributed by atoms with Crippen LogP contribution in [0, 0.1) is 5.92 Å². The number of β-amino-alcohol motifs (C(OH)–C–C–N with tert-alkyl or cyclic N) is 1. The molecule has 0 atom stereocenters. The third kappa shape index (κ3) is 3.91. The molecule has 0 bridgehead atoms. The maximum Gasteiger partial charge on any atom is 0.272 e. The summed E-state index contributed by atoms with van der Waals surface area (Å²) in [4.78, 5) is 32.6. The highest BCUT2D eigenvalue weighted by Crippen LogP contribution is 2.33. The molecule has 0 spiro atoms. The maximum absolute atomic E-state index is 12.7. The Hall–Kier alpha value is -1.99. The number of carbonyl (C=O) groups excluding carboxylic acids is 2. The van der Waals surface area contributed by atoms with Gasteiger partial charge < -0.3 is 15.7 Å². The van der Waals surface area contributed by atoms with Gasteiger partial charge in [0.25, 0.3) is 11.8 Å². The van der Waals surface area contributed by atoms with E-state index in [4.69, 9.17) is 10.8 Å². The number of primary amides is 1. The average Bonchev–Trinajstić information content (AvgIpc) is 3.39. The number of nitrogens with zero attached hydrogens (tertiary/aromatic N) is 3. The summed E-state index contributed by atoms with van der Waals surface area (Å²) >= 11 is 0. The van der Waals surface area contributed by atoms with Crippen LogP contribution in [0.15, 0.2) is 12.1 Å². The van der Waals surface area contributed by atoms with Crippen molar-refractivity contribution in [3.8, 4) is 0 Å². The van der Waals surface area contributed by atoms with E-state index in [1.807, 2.05) is 0 Å². The maximum atomic E-state index is 12.7. The minimum atomic E-state index is -0.491. The predicted molar refractivity (Wildman–Crippen MR) is 88.6 cm³/mol. The molecule has 2 fully saturated rings. The van der Waals surface area contributed by atoms with E-state index in [0.717, 1.165) is 25.9 Å². The van der Waals surface area contributed by atoms with Crippen molar-refractivity contribution in [1.82, 2.24) is 14.8 Å². The van der Waals surface area contributed by atoms with Crippen LogP contribution in [0.1, 0.15) is 39.4 Å². The molecular weight excluding hydrogens is 308 g/mol. The molecule has 0 aromatic carbocycles. The second-order valence-corrected chi connectivity index (χ2v) is 6.56. The molecule has 3 rings (SSSR count). The Morgan fingerprint density at radius 1 is 1.21 bits per heavy atom. The van der Waals surface area contributed by atoms with Gasteiger partial charge >= 0.3 is 0 Å². The number of aliphatic hydroxyl groups is 1. The third-order valence-corrected chi connectivity index (χ3v) is 4.71. The highest BCUT2D eigenvalue weighted by Gasteiger charge is 2.27. The smallest absolute Gasteiger partial charge is 0.272 e. The quantitative estimate of drug-likeness (QED) is 0.757. The Labute approximate surface area is 141 Å². The number of rotatable bonds is 6. The van der Waals surface area contributed by atoms with Crippen LogP contribution in [0.4, 0.5) is 0 Å². The van der Waals surface area contributed by atoms with Gasteiger partial charge in [-0.1, -0.05) is 0 Å². The average molecular weight is 332 g/mol. The molecule has 7 heteroatoms. The summed E-state index contributed by atoms with van der Waals surface area (Å²) in [7, 11) is 0. The van der Waals surface area contributed by atoms with E-state index < -0.39 is 5.91 Å². The number of nitrogens with two attached hydrogens (primary N) is 1. The highest BCUT2D eigenvalue weighted by atomic mass is 16.3. The van der Waals surface area contributed by atoms with Crippen LogP contribution in [-0.2, 0) is 6.42 Å². The predicted octanol–water partition coefficient (Wildman–Crippen LogP) is -0.117. The molecule has 7 nitrogen and oxygen atoms in total. The first kappa shape index (κ1) is 16.9. The second kappa shape index (κ2) is 7.27. The van der Waals surface area contributed by atoms with E-state index in [9.17, 15) is 9.59 Å². The van der Waals surface area contributed by atoms with E-state index in [-0.39, 0.29) is 12.5 Å². The standard InChI is InChI=1S/C17H24N4O3/c18-16(23)13-3-4-14(19-15(13)11-12-1-2-12)17(24)21-7-5-20(6-8-21)9-10-22/h3-4,12,22H,1-2,5-11H2,(H2,18,23). The van der Waals surface area contributed by atoms with Gasteiger partial charge in [0, 0.05) is 32.7 Å². The van der Waals surface area contributed by atoms with Gasteiger partial charge in [-0.2, -0.15) is 0 Å². The SMILES string of the molecule is NC(=O)c1ccc(C(=O)N2CCN(CCO)CC2)nc1CC1CC1. The number of pyridine rings is 1. The van der Waals surface area contributed by atoms with Crippen molar-refractivity contribution in [2.75, 3.05) is 39.3 Å². The summed E-state index contributed by atoms with van der Waals surface area (Å²) in [5.41, 5.74) is 6.87. The van der Waals surface area contributed by atoms with Gasteiger partial charge in [0.1, 0.15) is 5.69 Å². The van der Waals surface area contributed by atoms with Crippen molar-refractivity contribution < 1.29 is 14.7 Å². The van der Waals surface area contributed by atoms with Gasteiger partial charge in [-0.15, -0.1) is 0 Å². The highest BCUT2D eigenvalue weighted by molar-refractivity contribution is 5.96. The first-order chi connectivity index (χ1) is 11.6. The molecule has 0 radical (unpaired) electrons. The fourth-order valence-corrected chi connectivity index (χ4v) is 3.07. The van der Waals surface area contributed by atoms with E-state index in [1.165, 1.54) is 0 Å². The number of amides is 2. The minimum absolute atomic E-state index is 0.105. The monoisotopic (exact) mass is 332 g/mol. The lowest BCUT2D eigenvalue weighted by Gasteiger charge is -2.34. The Morgan fingerprint density at radius 2 is 1.92 bits per heavy atom. The van der Waals surface area contributed by atoms with E-state index in [1.54, 1.807) is 17.0 Å². The molecule has 1 aliphatic carbocycles. The molecule has 130 valence electrons. The van der Waals surface area contributed by atoms with Gasteiger partial charge in [-0.25, -0.2) is 4.98 Å². The molecule has 1 aromatic heterocycles. The number of aliphatic hydroxyl groups excluding tert-OH is 1. The van der Waals surface area contributed by atoms with Gasteiger partial charge in [-0.05, 0) is 37.3 Å². The van der Waals surface area contributed by atoms with Gasteiger partial charge in [0.15, 0.2) is 0 Å². The van der Waals surface area contributed by atoms with Gasteiger partial charge in [0.2, 0.25) is 0 Å². The third-order valence-electron chi connectivity index (χ3n) is 4.71. The molecule has 2 heterocycles. The topological polar surface area (TPSA) is 99.8 Å². The summed E-state index contributed by atoms with van der Waals surface area (Å²) < 4.78 is 0. The lowest BCUT2D eigenvalue weighted by molar-refractivity contribution is 0.0608. The van der Waals surface area contributed by atoms with Crippen LogP contribution in [0.2, 0.25) is 0 Å². The molecule has 1 saturated heterocycles. The van der Waals surface area contributed by atoms with E-state index >= 15 is 0 Å². The summed E-state index contributed by atoms with van der Waals surface area (Å²) in [6.07, 6.45) is 3.00. The zero-order valence-electron chi connectivity index (χ0n) is 13.8. The zero-order chi connectivity index (χ0) is 17.1. The van der Waals surface area contributed by atoms with Crippen LogP contribution >= 0.6 is 0 Å². The fourth-order valence-electron chi connectivity index (χ4n) is 3.07. The van der Waals surface area contributed by atoms with Crippen molar-refractivity contribution in [2.24, 2.45) is 11.7 Å². The summed E-state index contributed by atoms with van der Waals surface area (Å²) in [6, 6.07) is 3.22. The molecule has 1 aliphatic heterocycles. The number of hydrogen-bond donors (Lipinski definition) is 2. The molecule has 1 aromatic rings. The second-order valence-electron chi connectivity index (χ2n) is 6.56. The Balaban J connectivity index is 1.71. The van der Waals surface area contributed by atoms with Gasteiger partial charge in [0.05, 0.1) is 17.9 Å². The summed E-state index contributed by atoms with van der Waals surface area (Å²) in [6.45, 7) is 3.51. The van der Waals surface area contributed by atoms with Crippen LogP contribution in [-0.4, -0.2) is 71.0 Å². The Kier molecular flexibility index (Phi) is 5.11. The Bertz CT molecular complexity index is 622. The summed E-state index contributed by atoms with van der Waals surface area (Å²) in [5.74, 6) is -0.0375. The number of piperazine rings is 1. The first-order valence-corrected chi connectivity index (χ1v) is 8.50. The normalized spacial score (nSPS) is 18.6. The largest absolute Gasteiger partial charge is 0.395 e. The molecular formula is C17H24N4O3. The molecule has 24 heavy (non-hydrogen) atoms. The van der Waals surface area contributed by atoms with Crippen LogP contribution in [0.25, 0.3) is 0 Å². The molecule has 2 aliphatic rings. The number of carbonyl (C=O) groups is 2. The van der Waals surface area contributed by atoms with E-state index in [2.05, 4.69) is 9.88 Å². The van der Waals surface area contributed by atoms with E-state index in [0.29, 0.717) is 48.9 Å². The van der Waals surface area contributed by atoms with Crippen LogP contribution < -0.4 is 5.73 Å². The first-order valence-electron chi connectivity index (χ1n) is 8.50. The molecule has 2 amide bonds. The molecule has 3 N–H and O–H groups in total. The molecule has 1 saturated carbocycles. The van der Waals surface area contributed by atoms with Crippen molar-refractivity contribution >= 4 is 11.8 Å². The number of hydrogen-bond acceptors (Lipinski definition) is 5. The fraction of sp³-hybridized carbons (Fsp3) is 0.588. The van der Waals surface area contributed by atoms with Crippen LogP contribution in [0.5, 0.6) is 0 Å². The zero-order valence-corrected chi connectivity index (χ0v) is 13.8. The lowest BCUT2D eigenvalue weighted by Crippen LogP contribution is -2.49.